The number of para-hydroxylation sites is 3. The number of fused-ring (bicyclic) bond motifs is 1. The summed E-state index contributed by atoms with van der Waals surface area (Å²) in [5.74, 6) is 0.264. The lowest BCUT2D eigenvalue weighted by Gasteiger charge is -2.13. The number of hydrogen-bond acceptors (Lipinski definition) is 3. The van der Waals surface area contributed by atoms with Crippen LogP contribution in [0.2, 0.25) is 0 Å². The Morgan fingerprint density at radius 3 is 2.34 bits per heavy atom. The number of benzene rings is 3. The van der Waals surface area contributed by atoms with Gasteiger partial charge in [0.2, 0.25) is 5.91 Å². The Morgan fingerprint density at radius 2 is 1.62 bits per heavy atom. The van der Waals surface area contributed by atoms with Gasteiger partial charge >= 0.3 is 0 Å². The Morgan fingerprint density at radius 1 is 0.966 bits per heavy atom. The van der Waals surface area contributed by atoms with Gasteiger partial charge in [-0.2, -0.15) is 0 Å². The van der Waals surface area contributed by atoms with Gasteiger partial charge in [-0.3, -0.25) is 9.36 Å². The van der Waals surface area contributed by atoms with Gasteiger partial charge in [0.15, 0.2) is 5.16 Å². The minimum atomic E-state index is -0.0308. The molecule has 146 valence electrons. The maximum Gasteiger partial charge on any atom is 0.234 e. The van der Waals surface area contributed by atoms with Gasteiger partial charge in [0.05, 0.1) is 16.8 Å². The second-order valence-corrected chi connectivity index (χ2v) is 8.11. The van der Waals surface area contributed by atoms with E-state index in [1.54, 1.807) is 0 Å². The number of imidazole rings is 1. The molecule has 0 aliphatic rings. The van der Waals surface area contributed by atoms with Gasteiger partial charge in [-0.1, -0.05) is 59.8 Å². The molecule has 29 heavy (non-hydrogen) atoms. The van der Waals surface area contributed by atoms with E-state index in [9.17, 15) is 4.79 Å². The molecule has 0 atom stereocenters. The summed E-state index contributed by atoms with van der Waals surface area (Å²) in [6, 6.07) is 22.3. The maximum atomic E-state index is 12.7. The van der Waals surface area contributed by atoms with Crippen molar-refractivity contribution in [1.29, 1.82) is 0 Å². The largest absolute Gasteiger partial charge is 0.325 e. The van der Waals surface area contributed by atoms with Crippen molar-refractivity contribution in [1.82, 2.24) is 9.55 Å². The van der Waals surface area contributed by atoms with Crippen LogP contribution < -0.4 is 5.32 Å². The lowest BCUT2D eigenvalue weighted by atomic mass is 10.1. The van der Waals surface area contributed by atoms with Gasteiger partial charge in [-0.25, -0.2) is 4.98 Å². The van der Waals surface area contributed by atoms with E-state index in [0.717, 1.165) is 38.7 Å². The number of nitrogens with zero attached hydrogens (tertiary/aromatic N) is 2. The third kappa shape index (κ3) is 4.05. The minimum Gasteiger partial charge on any atom is -0.325 e. The van der Waals surface area contributed by atoms with Crippen LogP contribution in [-0.2, 0) is 4.79 Å². The van der Waals surface area contributed by atoms with Crippen LogP contribution in [0.25, 0.3) is 16.7 Å². The maximum absolute atomic E-state index is 12.7. The number of hydrogen-bond donors (Lipinski definition) is 1. The lowest BCUT2D eigenvalue weighted by molar-refractivity contribution is -0.113. The summed E-state index contributed by atoms with van der Waals surface area (Å²) in [4.78, 5) is 17.4. The zero-order chi connectivity index (χ0) is 20.4. The molecule has 0 aliphatic heterocycles. The standard InChI is InChI=1S/C24H23N3OS/c1-16-13-17(2)23(18(3)14-16)26-22(28)15-29-24-25-20-11-7-8-12-21(20)27(24)19-9-5-4-6-10-19/h4-14H,15H2,1-3H3,(H,26,28). The fraction of sp³-hybridized carbons (Fsp3) is 0.167. The Hall–Kier alpha value is -3.05. The average Bonchev–Trinajstić information content (AvgIpc) is 3.08. The van der Waals surface area contributed by atoms with Crippen LogP contribution in [0.1, 0.15) is 16.7 Å². The van der Waals surface area contributed by atoms with E-state index >= 15 is 0 Å². The Balaban J connectivity index is 1.58. The van der Waals surface area contributed by atoms with Crippen LogP contribution in [0.15, 0.2) is 71.9 Å². The average molecular weight is 402 g/mol. The fourth-order valence-corrected chi connectivity index (χ4v) is 4.44. The van der Waals surface area contributed by atoms with Crippen molar-refractivity contribution in [3.8, 4) is 5.69 Å². The first-order valence-corrected chi connectivity index (χ1v) is 10.5. The first kappa shape index (κ1) is 19.3. The quantitative estimate of drug-likeness (QED) is 0.438. The summed E-state index contributed by atoms with van der Waals surface area (Å²) < 4.78 is 2.11. The Bertz CT molecular complexity index is 1160. The monoisotopic (exact) mass is 401 g/mol. The Labute approximate surface area is 175 Å². The number of amides is 1. The SMILES string of the molecule is Cc1cc(C)c(NC(=O)CSc2nc3ccccc3n2-c2ccccc2)c(C)c1. The van der Waals surface area contributed by atoms with Crippen LogP contribution in [0.5, 0.6) is 0 Å². The van der Waals surface area contributed by atoms with Crippen molar-refractivity contribution in [3.05, 3.63) is 83.4 Å². The molecule has 4 nitrogen and oxygen atoms in total. The number of carbonyl (C=O) groups is 1. The van der Waals surface area contributed by atoms with E-state index in [-0.39, 0.29) is 5.91 Å². The van der Waals surface area contributed by atoms with Crippen LogP contribution in [0.4, 0.5) is 5.69 Å². The lowest BCUT2D eigenvalue weighted by Crippen LogP contribution is -2.16. The molecule has 1 amide bonds. The molecule has 4 rings (SSSR count). The summed E-state index contributed by atoms with van der Waals surface area (Å²) >= 11 is 1.45. The summed E-state index contributed by atoms with van der Waals surface area (Å²) in [5.41, 5.74) is 7.25. The van der Waals surface area contributed by atoms with E-state index in [2.05, 4.69) is 47.1 Å². The number of anilines is 1. The molecule has 4 aromatic rings. The van der Waals surface area contributed by atoms with Crippen molar-refractivity contribution in [2.24, 2.45) is 0 Å². The number of nitrogens with one attached hydrogen (secondary N) is 1. The van der Waals surface area contributed by atoms with Crippen LogP contribution in [0.3, 0.4) is 0 Å². The van der Waals surface area contributed by atoms with Crippen LogP contribution in [0, 0.1) is 20.8 Å². The van der Waals surface area contributed by atoms with E-state index < -0.39 is 0 Å². The molecule has 0 saturated carbocycles. The highest BCUT2D eigenvalue weighted by molar-refractivity contribution is 7.99. The molecule has 3 aromatic carbocycles. The van der Waals surface area contributed by atoms with Crippen molar-refractivity contribution in [2.75, 3.05) is 11.1 Å². The minimum absolute atomic E-state index is 0.0308. The molecule has 0 radical (unpaired) electrons. The van der Waals surface area contributed by atoms with Gasteiger partial charge in [-0.05, 0) is 56.2 Å². The summed E-state index contributed by atoms with van der Waals surface area (Å²) in [7, 11) is 0. The number of carbonyl (C=O) groups excluding carboxylic acids is 1. The zero-order valence-electron chi connectivity index (χ0n) is 16.8. The third-order valence-electron chi connectivity index (χ3n) is 4.82. The van der Waals surface area contributed by atoms with Crippen LogP contribution >= 0.6 is 11.8 Å². The molecule has 1 N–H and O–H groups in total. The molecule has 1 aromatic heterocycles. The molecular weight excluding hydrogens is 378 g/mol. The highest BCUT2D eigenvalue weighted by Gasteiger charge is 2.15. The van der Waals surface area contributed by atoms with E-state index in [0.29, 0.717) is 5.75 Å². The normalized spacial score (nSPS) is 11.0. The predicted octanol–water partition coefficient (Wildman–Crippen LogP) is 5.68. The van der Waals surface area contributed by atoms with Gasteiger partial charge in [0.25, 0.3) is 0 Å². The molecule has 0 saturated heterocycles. The molecule has 5 heteroatoms. The second-order valence-electron chi connectivity index (χ2n) is 7.16. The number of aryl methyl sites for hydroxylation is 3. The zero-order valence-corrected chi connectivity index (χ0v) is 17.6. The fourth-order valence-electron chi connectivity index (χ4n) is 3.61. The number of aromatic nitrogens is 2. The van der Waals surface area contributed by atoms with Crippen molar-refractivity contribution >= 4 is 34.4 Å². The second kappa shape index (κ2) is 8.13. The smallest absolute Gasteiger partial charge is 0.234 e. The van der Waals surface area contributed by atoms with Crippen molar-refractivity contribution < 1.29 is 4.79 Å². The summed E-state index contributed by atoms with van der Waals surface area (Å²) in [6.45, 7) is 6.12. The molecule has 1 heterocycles. The molecule has 0 unspecified atom stereocenters. The van der Waals surface area contributed by atoms with Gasteiger partial charge in [0.1, 0.15) is 0 Å². The number of thioether (sulfide) groups is 1. The van der Waals surface area contributed by atoms with E-state index in [1.165, 1.54) is 17.3 Å². The molecule has 0 fully saturated rings. The predicted molar refractivity (Wildman–Crippen MR) is 121 cm³/mol. The van der Waals surface area contributed by atoms with Gasteiger partial charge in [-0.15, -0.1) is 0 Å². The third-order valence-corrected chi connectivity index (χ3v) is 5.76. The molecule has 0 spiro atoms. The van der Waals surface area contributed by atoms with Crippen molar-refractivity contribution in [2.45, 2.75) is 25.9 Å². The summed E-state index contributed by atoms with van der Waals surface area (Å²) in [5, 5.41) is 3.88. The van der Waals surface area contributed by atoms with E-state index in [4.69, 9.17) is 4.98 Å². The first-order chi connectivity index (χ1) is 14.0. The first-order valence-electron chi connectivity index (χ1n) is 9.56. The van der Waals surface area contributed by atoms with Gasteiger partial charge < -0.3 is 5.32 Å². The van der Waals surface area contributed by atoms with Gasteiger partial charge in [0, 0.05) is 11.4 Å². The highest BCUT2D eigenvalue weighted by Crippen LogP contribution is 2.28. The Kier molecular flexibility index (Phi) is 5.41. The highest BCUT2D eigenvalue weighted by atomic mass is 32.2. The number of rotatable bonds is 5. The molecule has 0 aliphatic carbocycles. The topological polar surface area (TPSA) is 46.9 Å². The molecule has 0 bridgehead atoms. The molecular formula is C24H23N3OS. The van der Waals surface area contributed by atoms with Crippen molar-refractivity contribution in [3.63, 3.8) is 0 Å². The van der Waals surface area contributed by atoms with Crippen LogP contribution in [-0.4, -0.2) is 21.2 Å². The summed E-state index contributed by atoms with van der Waals surface area (Å²) in [6.07, 6.45) is 0. The van der Waals surface area contributed by atoms with E-state index in [1.807, 2.05) is 50.2 Å².